The van der Waals surface area contributed by atoms with E-state index in [2.05, 4.69) is 17.4 Å². The van der Waals surface area contributed by atoms with Crippen molar-refractivity contribution in [1.82, 2.24) is 5.32 Å². The van der Waals surface area contributed by atoms with Crippen LogP contribution in [0.2, 0.25) is 0 Å². The van der Waals surface area contributed by atoms with E-state index in [0.29, 0.717) is 13.0 Å². The Morgan fingerprint density at radius 3 is 2.08 bits per heavy atom. The smallest absolute Gasteiger partial charge is 0.305 e. The van der Waals surface area contributed by atoms with Gasteiger partial charge in [-0.2, -0.15) is 0 Å². The fourth-order valence-electron chi connectivity index (χ4n) is 3.24. The minimum Gasteiger partial charge on any atom is -0.466 e. The molecule has 1 atom stereocenters. The lowest BCUT2D eigenvalue weighted by Crippen LogP contribution is -2.34. The lowest BCUT2D eigenvalue weighted by Gasteiger charge is -2.17. The molecule has 26 heavy (non-hydrogen) atoms. The summed E-state index contributed by atoms with van der Waals surface area (Å²) < 4.78 is 4.92. The highest BCUT2D eigenvalue weighted by Crippen LogP contribution is 2.13. The summed E-state index contributed by atoms with van der Waals surface area (Å²) in [6, 6.07) is 0.190. The summed E-state index contributed by atoms with van der Waals surface area (Å²) >= 11 is 0. The van der Waals surface area contributed by atoms with Crippen LogP contribution in [-0.2, 0) is 9.53 Å². The van der Waals surface area contributed by atoms with Crippen molar-refractivity contribution in [3.8, 4) is 0 Å². The maximum absolute atomic E-state index is 11.3. The lowest BCUT2D eigenvalue weighted by molar-refractivity contribution is -0.143. The fraction of sp³-hybridized carbons (Fsp3) is 0.905. The number of hydrogen-bond donors (Lipinski definition) is 2. The molecule has 0 fully saturated rings. The first-order chi connectivity index (χ1) is 12.7. The van der Waals surface area contributed by atoms with Crippen LogP contribution >= 0.6 is 0 Å². The molecule has 0 aliphatic heterocycles. The van der Waals surface area contributed by atoms with Crippen molar-refractivity contribution in [2.75, 3.05) is 13.7 Å². The van der Waals surface area contributed by atoms with Crippen molar-refractivity contribution < 1.29 is 14.7 Å². The Hall–Kier alpha value is -1.10. The van der Waals surface area contributed by atoms with Crippen LogP contribution in [0.15, 0.2) is 5.16 Å². The van der Waals surface area contributed by atoms with Crippen molar-refractivity contribution in [1.29, 1.82) is 0 Å². The second-order valence-electron chi connectivity index (χ2n) is 7.06. The van der Waals surface area contributed by atoms with Gasteiger partial charge in [-0.25, -0.2) is 0 Å². The molecule has 0 heterocycles. The predicted molar refractivity (Wildman–Crippen MR) is 109 cm³/mol. The number of rotatable bonds is 18. The summed E-state index contributed by atoms with van der Waals surface area (Å²) in [5, 5.41) is 16.2. The Balaban J connectivity index is 3.78. The summed E-state index contributed by atoms with van der Waals surface area (Å²) in [7, 11) is 1.95. The van der Waals surface area contributed by atoms with Gasteiger partial charge in [0, 0.05) is 12.5 Å². The number of ether oxygens (including phenoxy) is 1. The van der Waals surface area contributed by atoms with Crippen molar-refractivity contribution in [3.63, 3.8) is 0 Å². The van der Waals surface area contributed by atoms with Gasteiger partial charge in [0.2, 0.25) is 0 Å². The highest BCUT2D eigenvalue weighted by atomic mass is 16.5. The molecule has 0 aromatic carbocycles. The van der Waals surface area contributed by atoms with Crippen LogP contribution in [0.25, 0.3) is 0 Å². The van der Waals surface area contributed by atoms with Gasteiger partial charge < -0.3 is 15.3 Å². The van der Waals surface area contributed by atoms with Crippen molar-refractivity contribution >= 4 is 11.7 Å². The summed E-state index contributed by atoms with van der Waals surface area (Å²) in [5.41, 5.74) is 0.882. The maximum Gasteiger partial charge on any atom is 0.305 e. The standard InChI is InChI=1S/C21H42N2O3/c1-4-6-7-8-10-13-16-19(22-3)20(23-25)17-14-11-9-12-15-18-21(24)26-5-2/h19,22,25H,4-18H2,1-3H3. The average molecular weight is 371 g/mol. The van der Waals surface area contributed by atoms with Crippen molar-refractivity contribution in [2.45, 2.75) is 110 Å². The van der Waals surface area contributed by atoms with Gasteiger partial charge in [-0.15, -0.1) is 0 Å². The van der Waals surface area contributed by atoms with E-state index in [4.69, 9.17) is 4.74 Å². The largest absolute Gasteiger partial charge is 0.466 e. The zero-order valence-corrected chi connectivity index (χ0v) is 17.4. The molecule has 0 bridgehead atoms. The number of nitrogens with one attached hydrogen (secondary N) is 1. The van der Waals surface area contributed by atoms with Gasteiger partial charge in [0.15, 0.2) is 0 Å². The molecule has 0 radical (unpaired) electrons. The van der Waals surface area contributed by atoms with E-state index in [0.717, 1.165) is 50.7 Å². The van der Waals surface area contributed by atoms with E-state index in [9.17, 15) is 10.0 Å². The van der Waals surface area contributed by atoms with Gasteiger partial charge in [-0.05, 0) is 39.7 Å². The number of oxime groups is 1. The normalized spacial score (nSPS) is 13.0. The Bertz CT molecular complexity index is 359. The van der Waals surface area contributed by atoms with Crippen LogP contribution in [0.5, 0.6) is 0 Å². The molecule has 0 saturated carbocycles. The molecule has 0 rings (SSSR count). The minimum atomic E-state index is -0.0891. The molecule has 0 amide bonds. The van der Waals surface area contributed by atoms with E-state index in [1.165, 1.54) is 38.5 Å². The molecule has 2 N–H and O–H groups in total. The monoisotopic (exact) mass is 370 g/mol. The summed E-state index contributed by atoms with van der Waals surface area (Å²) in [5.74, 6) is -0.0891. The number of unbranched alkanes of at least 4 members (excludes halogenated alkanes) is 9. The van der Waals surface area contributed by atoms with Crippen LogP contribution in [0.1, 0.15) is 104 Å². The first-order valence-electron chi connectivity index (χ1n) is 10.7. The molecular weight excluding hydrogens is 328 g/mol. The zero-order valence-electron chi connectivity index (χ0n) is 17.4. The number of esters is 1. The van der Waals surface area contributed by atoms with Gasteiger partial charge in [-0.1, -0.05) is 69.9 Å². The maximum atomic E-state index is 11.3. The van der Waals surface area contributed by atoms with Gasteiger partial charge in [0.25, 0.3) is 0 Å². The van der Waals surface area contributed by atoms with Crippen LogP contribution in [0, 0.1) is 0 Å². The Morgan fingerprint density at radius 1 is 0.923 bits per heavy atom. The van der Waals surface area contributed by atoms with E-state index >= 15 is 0 Å². The molecule has 154 valence electrons. The minimum absolute atomic E-state index is 0.0891. The molecule has 0 aromatic rings. The second-order valence-corrected chi connectivity index (χ2v) is 7.06. The first-order valence-corrected chi connectivity index (χ1v) is 10.7. The van der Waals surface area contributed by atoms with Gasteiger partial charge >= 0.3 is 5.97 Å². The zero-order chi connectivity index (χ0) is 19.5. The topological polar surface area (TPSA) is 70.9 Å². The summed E-state index contributed by atoms with van der Waals surface area (Å²) in [6.07, 6.45) is 15.3. The van der Waals surface area contributed by atoms with Crippen LogP contribution in [0.4, 0.5) is 0 Å². The van der Waals surface area contributed by atoms with Gasteiger partial charge in [-0.3, -0.25) is 4.79 Å². The van der Waals surface area contributed by atoms with Crippen LogP contribution in [-0.4, -0.2) is 36.6 Å². The highest BCUT2D eigenvalue weighted by molar-refractivity contribution is 5.89. The summed E-state index contributed by atoms with van der Waals surface area (Å²) in [4.78, 5) is 11.3. The van der Waals surface area contributed by atoms with Gasteiger partial charge in [0.1, 0.15) is 0 Å². The van der Waals surface area contributed by atoms with E-state index in [-0.39, 0.29) is 12.0 Å². The molecular formula is C21H42N2O3. The third-order valence-corrected chi connectivity index (χ3v) is 4.84. The fourth-order valence-corrected chi connectivity index (χ4v) is 3.24. The molecule has 0 aliphatic rings. The molecule has 0 spiro atoms. The predicted octanol–water partition coefficient (Wildman–Crippen LogP) is 5.45. The third kappa shape index (κ3) is 14.1. The van der Waals surface area contributed by atoms with E-state index < -0.39 is 0 Å². The Labute approximate surface area is 161 Å². The molecule has 0 aliphatic carbocycles. The molecule has 1 unspecified atom stereocenters. The lowest BCUT2D eigenvalue weighted by atomic mass is 9.98. The number of hydrogen-bond acceptors (Lipinski definition) is 5. The second kappa shape index (κ2) is 18.7. The number of carbonyl (C=O) groups excluding carboxylic acids is 1. The van der Waals surface area contributed by atoms with Crippen molar-refractivity contribution in [2.24, 2.45) is 5.16 Å². The highest BCUT2D eigenvalue weighted by Gasteiger charge is 2.14. The van der Waals surface area contributed by atoms with Gasteiger partial charge in [0.05, 0.1) is 12.3 Å². The Morgan fingerprint density at radius 2 is 1.50 bits per heavy atom. The quantitative estimate of drug-likeness (QED) is 0.111. The van der Waals surface area contributed by atoms with E-state index in [1.54, 1.807) is 0 Å². The van der Waals surface area contributed by atoms with Crippen LogP contribution < -0.4 is 5.32 Å². The number of nitrogens with zero attached hydrogens (tertiary/aromatic N) is 1. The SMILES string of the molecule is CCCCCCCCC(NC)C(CCCCCCCC(=O)OCC)=NO. The van der Waals surface area contributed by atoms with Crippen molar-refractivity contribution in [3.05, 3.63) is 0 Å². The number of carbonyl (C=O) groups is 1. The Kier molecular flexibility index (Phi) is 17.9. The summed E-state index contributed by atoms with van der Waals surface area (Å²) in [6.45, 7) is 4.54. The molecule has 5 nitrogen and oxygen atoms in total. The molecule has 5 heteroatoms. The third-order valence-electron chi connectivity index (χ3n) is 4.84. The van der Waals surface area contributed by atoms with E-state index in [1.807, 2.05) is 14.0 Å². The molecule has 0 saturated heterocycles. The van der Waals surface area contributed by atoms with Crippen LogP contribution in [0.3, 0.4) is 0 Å². The molecule has 0 aromatic heterocycles. The first kappa shape index (κ1) is 24.9. The average Bonchev–Trinajstić information content (AvgIpc) is 2.64.